The van der Waals surface area contributed by atoms with Gasteiger partial charge in [0.1, 0.15) is 11.2 Å². The highest BCUT2D eigenvalue weighted by molar-refractivity contribution is 7.26. The van der Waals surface area contributed by atoms with Gasteiger partial charge in [0.2, 0.25) is 0 Å². The molecule has 0 radical (unpaired) electrons. The Labute approximate surface area is 292 Å². The Morgan fingerprint density at radius 1 is 0.360 bits per heavy atom. The molecule has 0 bridgehead atoms. The molecule has 3 heterocycles. The van der Waals surface area contributed by atoms with Gasteiger partial charge in [-0.3, -0.25) is 0 Å². The molecule has 0 fully saturated rings. The molecule has 10 aromatic rings. The van der Waals surface area contributed by atoms with E-state index in [1.807, 2.05) is 41.7 Å². The summed E-state index contributed by atoms with van der Waals surface area (Å²) in [6.45, 7) is 0. The van der Waals surface area contributed by atoms with Crippen molar-refractivity contribution >= 4 is 53.4 Å². The molecule has 0 saturated carbocycles. The monoisotopic (exact) mass is 657 g/mol. The molecule has 234 valence electrons. The Morgan fingerprint density at radius 3 is 1.78 bits per heavy atom. The third-order valence-corrected chi connectivity index (χ3v) is 10.6. The Bertz CT molecular complexity index is 2870. The lowest BCUT2D eigenvalue weighted by atomic mass is 10.0. The lowest BCUT2D eigenvalue weighted by Crippen LogP contribution is -2.00. The van der Waals surface area contributed by atoms with Crippen molar-refractivity contribution < 1.29 is 4.42 Å². The molecule has 0 N–H and O–H groups in total. The van der Waals surface area contributed by atoms with Crippen LogP contribution in [0.5, 0.6) is 0 Å². The summed E-state index contributed by atoms with van der Waals surface area (Å²) in [6, 6.07) is 56.9. The van der Waals surface area contributed by atoms with Gasteiger partial charge in [-0.2, -0.15) is 0 Å². The fourth-order valence-corrected chi connectivity index (χ4v) is 8.11. The number of aromatic nitrogens is 3. The molecule has 0 atom stereocenters. The van der Waals surface area contributed by atoms with Crippen LogP contribution in [-0.2, 0) is 0 Å². The third kappa shape index (κ3) is 4.87. The van der Waals surface area contributed by atoms with E-state index in [2.05, 4.69) is 133 Å². The van der Waals surface area contributed by atoms with Crippen LogP contribution in [0.1, 0.15) is 0 Å². The molecule has 0 unspecified atom stereocenters. The molecule has 4 nitrogen and oxygen atoms in total. The molecule has 7 aromatic carbocycles. The molecule has 50 heavy (non-hydrogen) atoms. The number of hydrogen-bond donors (Lipinski definition) is 0. The molecule has 0 spiro atoms. The highest BCUT2D eigenvalue weighted by atomic mass is 32.1. The van der Waals surface area contributed by atoms with E-state index in [-0.39, 0.29) is 0 Å². The van der Waals surface area contributed by atoms with Crippen molar-refractivity contribution in [1.29, 1.82) is 0 Å². The van der Waals surface area contributed by atoms with Gasteiger partial charge in [0.05, 0.1) is 0 Å². The van der Waals surface area contributed by atoms with Crippen molar-refractivity contribution in [3.8, 4) is 56.4 Å². The fourth-order valence-electron chi connectivity index (χ4n) is 6.87. The van der Waals surface area contributed by atoms with E-state index in [4.69, 9.17) is 19.4 Å². The molecule has 5 heteroatoms. The predicted octanol–water partition coefficient (Wildman–Crippen LogP) is 12.5. The lowest BCUT2D eigenvalue weighted by molar-refractivity contribution is 0.669. The van der Waals surface area contributed by atoms with Crippen LogP contribution in [0, 0.1) is 0 Å². The van der Waals surface area contributed by atoms with Crippen molar-refractivity contribution in [2.75, 3.05) is 0 Å². The number of fused-ring (bicyclic) bond motifs is 6. The summed E-state index contributed by atoms with van der Waals surface area (Å²) in [4.78, 5) is 15.2. The van der Waals surface area contributed by atoms with Crippen molar-refractivity contribution in [2.24, 2.45) is 0 Å². The average Bonchev–Trinajstić information content (AvgIpc) is 3.76. The van der Waals surface area contributed by atoms with Crippen LogP contribution in [-0.4, -0.2) is 15.0 Å². The summed E-state index contributed by atoms with van der Waals surface area (Å²) in [7, 11) is 0. The summed E-state index contributed by atoms with van der Waals surface area (Å²) in [6.07, 6.45) is 0. The Morgan fingerprint density at radius 2 is 0.940 bits per heavy atom. The standard InChI is InChI=1S/C45H27N3OS/c1-2-10-28(11-3-1)31-12-8-13-32(26-31)44-46-43(47-45(48-44)33-24-25-36-35-14-4-6-18-39(35)49-40(36)27-33)30-22-20-29(21-23-30)34-16-9-17-38-37-15-5-7-19-41(37)50-42(34)38/h1-27H. The number of para-hydroxylation sites is 1. The van der Waals surface area contributed by atoms with Gasteiger partial charge < -0.3 is 4.42 Å². The van der Waals surface area contributed by atoms with E-state index < -0.39 is 0 Å². The van der Waals surface area contributed by atoms with Crippen LogP contribution in [0.25, 0.3) is 98.5 Å². The molecule has 0 aliphatic heterocycles. The number of furan rings is 1. The van der Waals surface area contributed by atoms with Crippen LogP contribution in [0.4, 0.5) is 0 Å². The van der Waals surface area contributed by atoms with E-state index in [0.29, 0.717) is 17.5 Å². The van der Waals surface area contributed by atoms with Gasteiger partial charge in [-0.1, -0.05) is 133 Å². The van der Waals surface area contributed by atoms with Gasteiger partial charge in [0.25, 0.3) is 0 Å². The van der Waals surface area contributed by atoms with E-state index in [1.54, 1.807) is 0 Å². The van der Waals surface area contributed by atoms with Gasteiger partial charge >= 0.3 is 0 Å². The molecule has 3 aromatic heterocycles. The minimum Gasteiger partial charge on any atom is -0.456 e. The molecule has 10 rings (SSSR count). The highest BCUT2D eigenvalue weighted by Gasteiger charge is 2.16. The SMILES string of the molecule is c1ccc(-c2cccc(-c3nc(-c4ccc(-c5cccc6c5sc5ccccc56)cc4)nc(-c4ccc5c(c4)oc4ccccc45)n3)c2)cc1. The second-order valence-electron chi connectivity index (χ2n) is 12.4. The summed E-state index contributed by atoms with van der Waals surface area (Å²) >= 11 is 1.84. The van der Waals surface area contributed by atoms with Crippen molar-refractivity contribution in [1.82, 2.24) is 15.0 Å². The summed E-state index contributed by atoms with van der Waals surface area (Å²) in [5.41, 5.74) is 9.02. The summed E-state index contributed by atoms with van der Waals surface area (Å²) in [5.74, 6) is 1.83. The van der Waals surface area contributed by atoms with Gasteiger partial charge in [0, 0.05) is 47.6 Å². The topological polar surface area (TPSA) is 51.8 Å². The molecular weight excluding hydrogens is 631 g/mol. The first kappa shape index (κ1) is 28.6. The zero-order valence-corrected chi connectivity index (χ0v) is 27.6. The summed E-state index contributed by atoms with van der Waals surface area (Å²) < 4.78 is 8.84. The Balaban J connectivity index is 1.10. The largest absolute Gasteiger partial charge is 0.456 e. The Kier molecular flexibility index (Phi) is 6.64. The van der Waals surface area contributed by atoms with Crippen molar-refractivity contribution in [2.45, 2.75) is 0 Å². The molecule has 0 aliphatic rings. The van der Waals surface area contributed by atoms with Crippen molar-refractivity contribution in [3.63, 3.8) is 0 Å². The maximum atomic E-state index is 6.24. The highest BCUT2D eigenvalue weighted by Crippen LogP contribution is 2.40. The number of hydrogen-bond acceptors (Lipinski definition) is 5. The van der Waals surface area contributed by atoms with Gasteiger partial charge in [0.15, 0.2) is 17.5 Å². The zero-order chi connectivity index (χ0) is 33.0. The third-order valence-electron chi connectivity index (χ3n) is 9.36. The van der Waals surface area contributed by atoms with Crippen LogP contribution in [0.15, 0.2) is 168 Å². The first-order valence-corrected chi connectivity index (χ1v) is 17.4. The maximum Gasteiger partial charge on any atom is 0.164 e. The first-order chi connectivity index (χ1) is 24.7. The normalized spacial score (nSPS) is 11.6. The van der Waals surface area contributed by atoms with E-state index in [0.717, 1.165) is 55.3 Å². The second kappa shape index (κ2) is 11.6. The number of thiophene rings is 1. The van der Waals surface area contributed by atoms with Gasteiger partial charge in [-0.25, -0.2) is 15.0 Å². The van der Waals surface area contributed by atoms with Crippen LogP contribution in [0.2, 0.25) is 0 Å². The number of benzene rings is 7. The molecular formula is C45H27N3OS. The van der Waals surface area contributed by atoms with Crippen LogP contribution in [0.3, 0.4) is 0 Å². The minimum atomic E-state index is 0.594. The fraction of sp³-hybridized carbons (Fsp3) is 0. The van der Waals surface area contributed by atoms with Gasteiger partial charge in [-0.15, -0.1) is 11.3 Å². The maximum absolute atomic E-state index is 6.24. The lowest BCUT2D eigenvalue weighted by Gasteiger charge is -2.10. The van der Waals surface area contributed by atoms with Crippen LogP contribution >= 0.6 is 11.3 Å². The molecule has 0 amide bonds. The number of rotatable bonds is 5. The van der Waals surface area contributed by atoms with Gasteiger partial charge in [-0.05, 0) is 52.6 Å². The predicted molar refractivity (Wildman–Crippen MR) is 207 cm³/mol. The van der Waals surface area contributed by atoms with Crippen molar-refractivity contribution in [3.05, 3.63) is 164 Å². The number of nitrogens with zero attached hydrogens (tertiary/aromatic N) is 3. The van der Waals surface area contributed by atoms with Crippen LogP contribution < -0.4 is 0 Å². The average molecular weight is 658 g/mol. The smallest absolute Gasteiger partial charge is 0.164 e. The van der Waals surface area contributed by atoms with E-state index in [1.165, 1.54) is 25.7 Å². The van der Waals surface area contributed by atoms with E-state index >= 15 is 0 Å². The van der Waals surface area contributed by atoms with E-state index in [9.17, 15) is 0 Å². The molecule has 0 aliphatic carbocycles. The molecule has 0 saturated heterocycles. The quantitative estimate of drug-likeness (QED) is 0.185. The Hall–Kier alpha value is -6.43. The zero-order valence-electron chi connectivity index (χ0n) is 26.7. The minimum absolute atomic E-state index is 0.594. The second-order valence-corrected chi connectivity index (χ2v) is 13.5. The summed E-state index contributed by atoms with van der Waals surface area (Å²) in [5, 5.41) is 4.75. The first-order valence-electron chi connectivity index (χ1n) is 16.6.